The molecular formula is C26H35BrN2O2. The van der Waals surface area contributed by atoms with Crippen LogP contribution < -0.4 is 5.32 Å². The molecule has 0 radical (unpaired) electrons. The molecule has 2 aromatic carbocycles. The zero-order chi connectivity index (χ0) is 23.0. The quantitative estimate of drug-likeness (QED) is 0.458. The van der Waals surface area contributed by atoms with Crippen LogP contribution in [0.2, 0.25) is 0 Å². The lowest BCUT2D eigenvalue weighted by Gasteiger charge is -2.30. The first-order valence-electron chi connectivity index (χ1n) is 11.1. The van der Waals surface area contributed by atoms with Crippen LogP contribution in [0.15, 0.2) is 53.0 Å². The molecule has 2 aromatic rings. The lowest BCUT2D eigenvalue weighted by molar-refractivity contribution is -0.140. The molecule has 2 atom stereocenters. The van der Waals surface area contributed by atoms with E-state index in [-0.39, 0.29) is 17.9 Å². The van der Waals surface area contributed by atoms with E-state index < -0.39 is 6.04 Å². The van der Waals surface area contributed by atoms with Gasteiger partial charge in [-0.05, 0) is 61.4 Å². The first kappa shape index (κ1) is 25.1. The molecule has 0 spiro atoms. The molecule has 0 aliphatic carbocycles. The van der Waals surface area contributed by atoms with Gasteiger partial charge in [0.1, 0.15) is 6.04 Å². The van der Waals surface area contributed by atoms with E-state index >= 15 is 0 Å². The van der Waals surface area contributed by atoms with Gasteiger partial charge in [-0.3, -0.25) is 9.59 Å². The lowest BCUT2D eigenvalue weighted by Crippen LogP contribution is -2.49. The number of nitrogens with one attached hydrogen (secondary N) is 1. The number of halogens is 1. The zero-order valence-corrected chi connectivity index (χ0v) is 20.9. The maximum Gasteiger partial charge on any atom is 0.242 e. The highest BCUT2D eigenvalue weighted by Crippen LogP contribution is 2.18. The molecule has 0 aliphatic heterocycles. The number of hydrogen-bond donors (Lipinski definition) is 1. The van der Waals surface area contributed by atoms with Gasteiger partial charge in [0.15, 0.2) is 0 Å². The number of hydrogen-bond acceptors (Lipinski definition) is 2. The standard InChI is InChI=1S/C26H35BrN2O2/c1-6-19(4)28-26(31)20(5)29(17-22-9-14-24(27)15-10-22)25(30)16-11-21-7-12-23(13-8-21)18(2)3/h7-10,12-15,18-20H,6,11,16-17H2,1-5H3,(H,28,31)/t19-,20-/m0/s1. The SMILES string of the molecule is CC[C@H](C)NC(=O)[C@H](C)N(Cc1ccc(Br)cc1)C(=O)CCc1ccc(C(C)C)cc1. The van der Waals surface area contributed by atoms with Gasteiger partial charge >= 0.3 is 0 Å². The highest BCUT2D eigenvalue weighted by Gasteiger charge is 2.26. The monoisotopic (exact) mass is 486 g/mol. The number of rotatable bonds is 10. The maximum atomic E-state index is 13.2. The fourth-order valence-corrected chi connectivity index (χ4v) is 3.56. The Bertz CT molecular complexity index is 847. The Morgan fingerprint density at radius 2 is 1.52 bits per heavy atom. The topological polar surface area (TPSA) is 49.4 Å². The second kappa shape index (κ2) is 12.0. The van der Waals surface area contributed by atoms with Crippen molar-refractivity contribution in [2.24, 2.45) is 0 Å². The van der Waals surface area contributed by atoms with E-state index in [1.807, 2.05) is 45.0 Å². The van der Waals surface area contributed by atoms with Gasteiger partial charge in [0.05, 0.1) is 0 Å². The van der Waals surface area contributed by atoms with Gasteiger partial charge in [0.25, 0.3) is 0 Å². The molecule has 4 nitrogen and oxygen atoms in total. The molecular weight excluding hydrogens is 452 g/mol. The third kappa shape index (κ3) is 7.80. The van der Waals surface area contributed by atoms with E-state index in [1.165, 1.54) is 5.56 Å². The van der Waals surface area contributed by atoms with Gasteiger partial charge in [-0.2, -0.15) is 0 Å². The van der Waals surface area contributed by atoms with Crippen LogP contribution in [-0.4, -0.2) is 28.8 Å². The zero-order valence-electron chi connectivity index (χ0n) is 19.3. The molecule has 1 N–H and O–H groups in total. The number of amides is 2. The predicted molar refractivity (Wildman–Crippen MR) is 131 cm³/mol. The minimum absolute atomic E-state index is 0.0114. The van der Waals surface area contributed by atoms with Crippen molar-refractivity contribution in [1.82, 2.24) is 10.2 Å². The summed E-state index contributed by atoms with van der Waals surface area (Å²) in [5.41, 5.74) is 3.43. The molecule has 0 heterocycles. The smallest absolute Gasteiger partial charge is 0.242 e. The molecule has 0 aliphatic rings. The van der Waals surface area contributed by atoms with Crippen molar-refractivity contribution in [3.63, 3.8) is 0 Å². The van der Waals surface area contributed by atoms with Gasteiger partial charge in [-0.1, -0.05) is 73.1 Å². The summed E-state index contributed by atoms with van der Waals surface area (Å²) >= 11 is 3.45. The van der Waals surface area contributed by atoms with Crippen LogP contribution in [0.3, 0.4) is 0 Å². The molecule has 31 heavy (non-hydrogen) atoms. The Hall–Kier alpha value is -2.14. The van der Waals surface area contributed by atoms with E-state index in [9.17, 15) is 9.59 Å². The molecule has 0 saturated heterocycles. The highest BCUT2D eigenvalue weighted by atomic mass is 79.9. The normalized spacial score (nSPS) is 13.0. The molecule has 0 aromatic heterocycles. The molecule has 168 valence electrons. The first-order valence-corrected chi connectivity index (χ1v) is 11.9. The number of aryl methyl sites for hydroxylation is 1. The summed E-state index contributed by atoms with van der Waals surface area (Å²) in [6.45, 7) is 10.6. The van der Waals surface area contributed by atoms with Crippen molar-refractivity contribution >= 4 is 27.7 Å². The second-order valence-corrected chi connectivity index (χ2v) is 9.45. The minimum Gasteiger partial charge on any atom is -0.352 e. The van der Waals surface area contributed by atoms with Crippen molar-refractivity contribution in [3.05, 3.63) is 69.7 Å². The molecule has 0 bridgehead atoms. The molecule has 0 fully saturated rings. The Morgan fingerprint density at radius 1 is 0.935 bits per heavy atom. The number of benzene rings is 2. The summed E-state index contributed by atoms with van der Waals surface area (Å²) in [5, 5.41) is 3.01. The van der Waals surface area contributed by atoms with E-state index in [2.05, 4.69) is 59.4 Å². The number of carbonyl (C=O) groups is 2. The third-order valence-electron chi connectivity index (χ3n) is 5.71. The van der Waals surface area contributed by atoms with Crippen LogP contribution >= 0.6 is 15.9 Å². The van der Waals surface area contributed by atoms with Crippen molar-refractivity contribution < 1.29 is 9.59 Å². The van der Waals surface area contributed by atoms with E-state index in [4.69, 9.17) is 0 Å². The Labute approximate surface area is 195 Å². The molecule has 5 heteroatoms. The number of nitrogens with zero attached hydrogens (tertiary/aromatic N) is 1. The fraction of sp³-hybridized carbons (Fsp3) is 0.462. The van der Waals surface area contributed by atoms with Gasteiger partial charge in [0.2, 0.25) is 11.8 Å². The van der Waals surface area contributed by atoms with Crippen molar-refractivity contribution in [1.29, 1.82) is 0 Å². The van der Waals surface area contributed by atoms with Crippen LogP contribution in [0, 0.1) is 0 Å². The van der Waals surface area contributed by atoms with Gasteiger partial charge < -0.3 is 10.2 Å². The summed E-state index contributed by atoms with van der Waals surface area (Å²) in [7, 11) is 0. The van der Waals surface area contributed by atoms with Crippen LogP contribution in [0.5, 0.6) is 0 Å². The van der Waals surface area contributed by atoms with Crippen LogP contribution in [0.1, 0.15) is 70.1 Å². The average Bonchev–Trinajstić information content (AvgIpc) is 2.76. The largest absolute Gasteiger partial charge is 0.352 e. The van der Waals surface area contributed by atoms with Crippen molar-refractivity contribution in [2.45, 2.75) is 78.4 Å². The summed E-state index contributed by atoms with van der Waals surface area (Å²) in [6.07, 6.45) is 1.89. The van der Waals surface area contributed by atoms with Crippen LogP contribution in [-0.2, 0) is 22.6 Å². The maximum absolute atomic E-state index is 13.2. The van der Waals surface area contributed by atoms with Crippen molar-refractivity contribution in [3.8, 4) is 0 Å². The highest BCUT2D eigenvalue weighted by molar-refractivity contribution is 9.10. The third-order valence-corrected chi connectivity index (χ3v) is 6.24. The van der Waals surface area contributed by atoms with E-state index in [1.54, 1.807) is 4.90 Å². The molecule has 0 saturated carbocycles. The summed E-state index contributed by atoms with van der Waals surface area (Å²) < 4.78 is 0.988. The van der Waals surface area contributed by atoms with Gasteiger partial charge in [-0.15, -0.1) is 0 Å². The molecule has 0 unspecified atom stereocenters. The van der Waals surface area contributed by atoms with E-state index in [0.29, 0.717) is 25.3 Å². The summed E-state index contributed by atoms with van der Waals surface area (Å²) in [4.78, 5) is 27.7. The Kier molecular flexibility index (Phi) is 9.76. The van der Waals surface area contributed by atoms with E-state index in [0.717, 1.165) is 22.0 Å². The number of carbonyl (C=O) groups excluding carboxylic acids is 2. The Balaban J connectivity index is 2.12. The fourth-order valence-electron chi connectivity index (χ4n) is 3.30. The predicted octanol–water partition coefficient (Wildman–Crippen LogP) is 5.84. The Morgan fingerprint density at radius 3 is 2.06 bits per heavy atom. The van der Waals surface area contributed by atoms with Crippen LogP contribution in [0.25, 0.3) is 0 Å². The van der Waals surface area contributed by atoms with Gasteiger partial charge in [-0.25, -0.2) is 0 Å². The molecule has 2 rings (SSSR count). The van der Waals surface area contributed by atoms with Gasteiger partial charge in [0, 0.05) is 23.5 Å². The van der Waals surface area contributed by atoms with Crippen molar-refractivity contribution in [2.75, 3.05) is 0 Å². The second-order valence-electron chi connectivity index (χ2n) is 8.54. The summed E-state index contributed by atoms with van der Waals surface area (Å²) in [6, 6.07) is 15.9. The first-order chi connectivity index (χ1) is 14.7. The van der Waals surface area contributed by atoms with Crippen LogP contribution in [0.4, 0.5) is 0 Å². The minimum atomic E-state index is -0.534. The summed E-state index contributed by atoms with van der Waals surface area (Å²) in [5.74, 6) is 0.366. The lowest BCUT2D eigenvalue weighted by atomic mass is 10.00. The molecule has 2 amide bonds. The average molecular weight is 487 g/mol.